The van der Waals surface area contributed by atoms with Crippen LogP contribution in [0.3, 0.4) is 0 Å². The van der Waals surface area contributed by atoms with E-state index in [9.17, 15) is 64.3 Å². The molecule has 0 amide bonds. The summed E-state index contributed by atoms with van der Waals surface area (Å²) in [5.41, 5.74) is -6.62. The van der Waals surface area contributed by atoms with Crippen molar-refractivity contribution in [2.45, 2.75) is 46.0 Å². The monoisotopic (exact) mass is 928 g/mol. The molecule has 1 N–H and O–H groups in total. The Balaban J connectivity index is 0.000000248. The summed E-state index contributed by atoms with van der Waals surface area (Å²) >= 11 is 1.54. The van der Waals surface area contributed by atoms with Gasteiger partial charge in [0, 0.05) is 21.9 Å². The van der Waals surface area contributed by atoms with E-state index in [1.807, 2.05) is 6.92 Å². The first-order chi connectivity index (χ1) is 30.1. The number of ether oxygens (including phenoxy) is 1. The molecule has 2 aromatic heterocycles. The molecule has 0 atom stereocenters. The van der Waals surface area contributed by atoms with Gasteiger partial charge in [-0.15, -0.1) is 22.7 Å². The predicted octanol–water partition coefficient (Wildman–Crippen LogP) is 13.9. The van der Waals surface area contributed by atoms with E-state index in [0.717, 1.165) is 77.3 Å². The number of carbonyl (C=O) groups excluding carboxylic acids is 1. The lowest BCUT2D eigenvalue weighted by atomic mass is 9.88. The highest BCUT2D eigenvalue weighted by Gasteiger charge is 2.38. The molecular weight excluding hydrogens is 899 g/mol. The number of thiazole rings is 2. The zero-order chi connectivity index (χ0) is 47.1. The Morgan fingerprint density at radius 3 is 1.48 bits per heavy atom. The Morgan fingerprint density at radius 1 is 0.656 bits per heavy atom. The van der Waals surface area contributed by atoms with Crippen LogP contribution in [0.4, 0.5) is 43.9 Å². The normalized spacial score (nSPS) is 12.5. The van der Waals surface area contributed by atoms with Crippen molar-refractivity contribution in [3.63, 3.8) is 0 Å². The third kappa shape index (κ3) is 10.7. The van der Waals surface area contributed by atoms with Gasteiger partial charge in [-0.25, -0.2) is 27.5 Å². The number of nitrogens with zero attached hydrogens (tertiary/aromatic N) is 4. The number of alkyl halides is 6. The number of nitriles is 2. The number of halogens is 10. The first-order valence-corrected chi connectivity index (χ1v) is 20.2. The average Bonchev–Trinajstić information content (AvgIpc) is 3.91. The van der Waals surface area contributed by atoms with Crippen LogP contribution in [0.1, 0.15) is 65.9 Å². The molecule has 7 nitrogen and oxygen atoms in total. The van der Waals surface area contributed by atoms with Crippen LogP contribution in [0, 0.1) is 51.3 Å². The Labute approximate surface area is 366 Å². The number of allylic oxidation sites excluding steroid dienone is 2. The van der Waals surface area contributed by atoms with Crippen LogP contribution >= 0.6 is 22.7 Å². The van der Waals surface area contributed by atoms with Gasteiger partial charge in [-0.05, 0) is 56.7 Å². The van der Waals surface area contributed by atoms with E-state index >= 15 is 0 Å². The van der Waals surface area contributed by atoms with Crippen molar-refractivity contribution < 1.29 is 58.5 Å². The van der Waals surface area contributed by atoms with Gasteiger partial charge in [0.1, 0.15) is 62.3 Å². The van der Waals surface area contributed by atoms with Crippen LogP contribution in [0.2, 0.25) is 0 Å². The molecule has 0 saturated heterocycles. The van der Waals surface area contributed by atoms with Gasteiger partial charge in [-0.3, -0.25) is 4.79 Å². The fourth-order valence-corrected chi connectivity index (χ4v) is 7.69. The molecule has 0 aliphatic rings. The Bertz CT molecular complexity index is 2810. The number of hydrogen-bond acceptors (Lipinski definition) is 9. The molecular formula is C45H30F10N4O3S2. The molecule has 0 aliphatic heterocycles. The summed E-state index contributed by atoms with van der Waals surface area (Å²) in [7, 11) is 0. The third-order valence-corrected chi connectivity index (χ3v) is 10.9. The van der Waals surface area contributed by atoms with Crippen molar-refractivity contribution >= 4 is 51.3 Å². The van der Waals surface area contributed by atoms with Gasteiger partial charge in [-0.2, -0.15) is 36.9 Å². The molecule has 0 radical (unpaired) electrons. The van der Waals surface area contributed by atoms with Gasteiger partial charge in [0.25, 0.3) is 0 Å². The van der Waals surface area contributed by atoms with Crippen molar-refractivity contribution in [2.24, 2.45) is 5.41 Å². The average molecular weight is 929 g/mol. The zero-order valence-electron chi connectivity index (χ0n) is 33.3. The second-order valence-corrected chi connectivity index (χ2v) is 15.7. The lowest BCUT2D eigenvalue weighted by molar-refractivity contribution is -0.147. The maximum atomic E-state index is 14.3. The molecule has 64 heavy (non-hydrogen) atoms. The summed E-state index contributed by atoms with van der Waals surface area (Å²) in [6.07, 6.45) is -8.58. The molecule has 0 spiro atoms. The van der Waals surface area contributed by atoms with Crippen LogP contribution in [-0.2, 0) is 21.9 Å². The lowest BCUT2D eigenvalue weighted by Crippen LogP contribution is -2.26. The standard InChI is InChI=1S/C26H21F5N2O2S.C19H9F5N2OS/c1-4-12-25(2,3)24(34)35-22(15-8-5-6-9-17(15)26(29,30)31)16(13-32)23-33-20(14-36-23)21-18(27)10-7-11-19(21)28;20-13-6-3-7-14(21)16(13)15-9-28-18(26-15)11(8-25)17(27)10-4-1-2-5-12(10)19(22,23)24/h5-11,14H,4,12H2,1-3H3;1-7,9,27H. The fourth-order valence-electron chi connectivity index (χ4n) is 6.09. The van der Waals surface area contributed by atoms with E-state index in [0.29, 0.717) is 12.8 Å². The fraction of sp³-hybridized carbons (Fsp3) is 0.178. The molecule has 2 heterocycles. The SMILES string of the molecule is CCCC(C)(C)C(=O)OC(=C(C#N)c1nc(-c2c(F)cccc2F)cs1)c1ccccc1C(F)(F)F.N#CC(=C(O)c1ccccc1C(F)(F)F)c1nc(-c2c(F)cccc2F)cs1. The molecule has 0 aliphatic carbocycles. The van der Waals surface area contributed by atoms with E-state index in [1.165, 1.54) is 41.1 Å². The first kappa shape index (κ1) is 48.2. The van der Waals surface area contributed by atoms with Crippen molar-refractivity contribution in [3.05, 3.63) is 151 Å². The number of benzene rings is 4. The molecule has 0 unspecified atom stereocenters. The minimum atomic E-state index is -4.82. The summed E-state index contributed by atoms with van der Waals surface area (Å²) in [4.78, 5) is 21.0. The number of esters is 1. The Kier molecular flexibility index (Phi) is 14.8. The predicted molar refractivity (Wildman–Crippen MR) is 220 cm³/mol. The summed E-state index contributed by atoms with van der Waals surface area (Å²) in [6.45, 7) is 5.01. The number of aromatic nitrogens is 2. The molecule has 0 fully saturated rings. The minimum Gasteiger partial charge on any atom is -0.506 e. The van der Waals surface area contributed by atoms with Crippen LogP contribution in [0.25, 0.3) is 45.2 Å². The molecule has 330 valence electrons. The molecule has 6 aromatic rings. The Morgan fingerprint density at radius 2 is 1.06 bits per heavy atom. The smallest absolute Gasteiger partial charge is 0.417 e. The van der Waals surface area contributed by atoms with Crippen LogP contribution in [0.5, 0.6) is 0 Å². The second kappa shape index (κ2) is 19.7. The van der Waals surface area contributed by atoms with E-state index in [1.54, 1.807) is 26.0 Å². The highest BCUT2D eigenvalue weighted by molar-refractivity contribution is 7.11. The maximum Gasteiger partial charge on any atom is 0.417 e. The molecule has 4 aromatic carbocycles. The highest BCUT2D eigenvalue weighted by atomic mass is 32.1. The second-order valence-electron chi connectivity index (χ2n) is 14.0. The molecule has 19 heteroatoms. The molecule has 0 saturated carbocycles. The Hall–Kier alpha value is -6.83. The number of aliphatic hydroxyl groups is 1. The van der Waals surface area contributed by atoms with Crippen molar-refractivity contribution in [2.75, 3.05) is 0 Å². The van der Waals surface area contributed by atoms with Crippen molar-refractivity contribution in [1.82, 2.24) is 9.97 Å². The van der Waals surface area contributed by atoms with Crippen molar-refractivity contribution in [3.8, 4) is 34.7 Å². The van der Waals surface area contributed by atoms with E-state index in [2.05, 4.69) is 9.97 Å². The van der Waals surface area contributed by atoms with E-state index in [-0.39, 0.29) is 21.4 Å². The van der Waals surface area contributed by atoms with Crippen molar-refractivity contribution in [1.29, 1.82) is 10.5 Å². The summed E-state index contributed by atoms with van der Waals surface area (Å²) in [5.74, 6) is -5.95. The van der Waals surface area contributed by atoms with Gasteiger partial charge in [0.05, 0.1) is 39.1 Å². The van der Waals surface area contributed by atoms with Crippen LogP contribution in [0.15, 0.2) is 95.7 Å². The van der Waals surface area contributed by atoms with E-state index < -0.39 is 103 Å². The van der Waals surface area contributed by atoms with Gasteiger partial charge < -0.3 is 9.84 Å². The van der Waals surface area contributed by atoms with Gasteiger partial charge >= 0.3 is 18.3 Å². The number of aliphatic hydroxyl groups excluding tert-OH is 1. The number of hydrogen-bond donors (Lipinski definition) is 1. The summed E-state index contributed by atoms with van der Waals surface area (Å²) in [5, 5.41) is 31.8. The molecule has 0 bridgehead atoms. The highest BCUT2D eigenvalue weighted by Crippen LogP contribution is 2.41. The van der Waals surface area contributed by atoms with Crippen LogP contribution < -0.4 is 0 Å². The third-order valence-electron chi connectivity index (χ3n) is 9.15. The summed E-state index contributed by atoms with van der Waals surface area (Å²) in [6, 6.07) is 18.4. The zero-order valence-corrected chi connectivity index (χ0v) is 34.9. The number of carbonyl (C=O) groups is 1. The first-order valence-electron chi connectivity index (χ1n) is 18.5. The van der Waals surface area contributed by atoms with Gasteiger partial charge in [0.2, 0.25) is 0 Å². The van der Waals surface area contributed by atoms with Gasteiger partial charge in [-0.1, -0.05) is 61.9 Å². The quantitative estimate of drug-likeness (QED) is 0.0629. The molecule has 6 rings (SSSR count). The van der Waals surface area contributed by atoms with Gasteiger partial charge in [0.15, 0.2) is 5.76 Å². The largest absolute Gasteiger partial charge is 0.506 e. The minimum absolute atomic E-state index is 0.139. The maximum absolute atomic E-state index is 14.3. The number of rotatable bonds is 10. The van der Waals surface area contributed by atoms with Crippen LogP contribution in [-0.4, -0.2) is 21.0 Å². The van der Waals surface area contributed by atoms with E-state index in [4.69, 9.17) is 4.74 Å². The summed E-state index contributed by atoms with van der Waals surface area (Å²) < 4.78 is 143. The lowest BCUT2D eigenvalue weighted by Gasteiger charge is -2.24. The topological polar surface area (TPSA) is 120 Å².